The number of phenols is 1. The van der Waals surface area contributed by atoms with Crippen molar-refractivity contribution in [1.82, 2.24) is 0 Å². The van der Waals surface area contributed by atoms with Crippen LogP contribution >= 0.6 is 0 Å². The minimum absolute atomic E-state index is 0.782. The Labute approximate surface area is 61.0 Å². The smallest absolute Gasteiger partial charge is 0.346 e. The van der Waals surface area contributed by atoms with E-state index in [0.29, 0.717) is 0 Å². The van der Waals surface area contributed by atoms with Crippen LogP contribution in [0.15, 0.2) is 12.1 Å². The van der Waals surface area contributed by atoms with Crippen LogP contribution in [0.25, 0.3) is 0 Å². The van der Waals surface area contributed by atoms with Crippen molar-refractivity contribution in [2.75, 3.05) is 0 Å². The van der Waals surface area contributed by atoms with E-state index in [2.05, 4.69) is 6.07 Å². The Morgan fingerprint density at radius 1 is 1.73 bits per heavy atom. The molecule has 1 aromatic rings. The van der Waals surface area contributed by atoms with Crippen LogP contribution in [0.4, 0.5) is 10.1 Å². The van der Waals surface area contributed by atoms with Crippen molar-refractivity contribution < 1.29 is 14.4 Å². The summed E-state index contributed by atoms with van der Waals surface area (Å²) < 4.78 is 12.5. The molecule has 0 heterocycles. The van der Waals surface area contributed by atoms with Gasteiger partial charge in [-0.2, -0.15) is 4.39 Å². The monoisotopic (exact) mass is 156 g/mol. The van der Waals surface area contributed by atoms with Gasteiger partial charge >= 0.3 is 5.69 Å². The molecule has 5 heteroatoms. The number of aromatic hydroxyl groups is 1. The molecule has 0 amide bonds. The lowest BCUT2D eigenvalue weighted by Crippen LogP contribution is -1.92. The second-order valence-corrected chi connectivity index (χ2v) is 1.78. The first-order valence-electron chi connectivity index (χ1n) is 2.66. The quantitative estimate of drug-likeness (QED) is 0.491. The maximum atomic E-state index is 12.5. The first-order chi connectivity index (χ1) is 5.13. The Morgan fingerprint density at radius 3 is 2.73 bits per heavy atom. The van der Waals surface area contributed by atoms with Crippen molar-refractivity contribution in [3.8, 4) is 5.75 Å². The van der Waals surface area contributed by atoms with Gasteiger partial charge in [0, 0.05) is 6.07 Å². The summed E-state index contributed by atoms with van der Waals surface area (Å²) in [6, 6.07) is 4.02. The van der Waals surface area contributed by atoms with Gasteiger partial charge in [-0.25, -0.2) is 0 Å². The molecule has 0 aliphatic heterocycles. The normalized spacial score (nSPS) is 9.55. The molecule has 11 heavy (non-hydrogen) atoms. The molecular formula is C6H3FNO3. The second kappa shape index (κ2) is 2.53. The zero-order valence-corrected chi connectivity index (χ0v) is 5.24. The van der Waals surface area contributed by atoms with Crippen LogP contribution in [-0.2, 0) is 0 Å². The first-order valence-corrected chi connectivity index (χ1v) is 2.66. The Balaban J connectivity index is 3.32. The van der Waals surface area contributed by atoms with E-state index >= 15 is 0 Å². The van der Waals surface area contributed by atoms with Crippen molar-refractivity contribution in [2.24, 2.45) is 0 Å². The molecule has 0 saturated heterocycles. The van der Waals surface area contributed by atoms with E-state index in [-0.39, 0.29) is 0 Å². The van der Waals surface area contributed by atoms with E-state index in [4.69, 9.17) is 5.11 Å². The largest absolute Gasteiger partial charge is 0.502 e. The molecule has 0 atom stereocenters. The highest BCUT2D eigenvalue weighted by atomic mass is 19.1. The molecule has 57 valence electrons. The highest BCUT2D eigenvalue weighted by Gasteiger charge is 2.18. The molecule has 0 bridgehead atoms. The fourth-order valence-electron chi connectivity index (χ4n) is 0.628. The third-order valence-electron chi connectivity index (χ3n) is 1.08. The van der Waals surface area contributed by atoms with Crippen LogP contribution in [0.1, 0.15) is 0 Å². The van der Waals surface area contributed by atoms with Gasteiger partial charge in [-0.15, -0.1) is 0 Å². The summed E-state index contributed by atoms with van der Waals surface area (Å²) in [5, 5.41) is 18.8. The minimum atomic E-state index is -1.06. The van der Waals surface area contributed by atoms with Crippen LogP contribution in [0.5, 0.6) is 5.75 Å². The molecule has 0 aliphatic rings. The SMILES string of the molecule is O=[N+]([O-])c1c(O)[c]ccc1F. The highest BCUT2D eigenvalue weighted by Crippen LogP contribution is 2.26. The summed E-state index contributed by atoms with van der Waals surface area (Å²) in [5.74, 6) is -1.85. The maximum Gasteiger partial charge on any atom is 0.346 e. The lowest BCUT2D eigenvalue weighted by molar-refractivity contribution is -0.388. The van der Waals surface area contributed by atoms with Crippen LogP contribution in [0.2, 0.25) is 0 Å². The summed E-state index contributed by atoms with van der Waals surface area (Å²) in [6.45, 7) is 0. The third-order valence-corrected chi connectivity index (χ3v) is 1.08. The van der Waals surface area contributed by atoms with Gasteiger partial charge in [-0.1, -0.05) is 0 Å². The molecule has 0 unspecified atom stereocenters. The first kappa shape index (κ1) is 7.46. The van der Waals surface area contributed by atoms with Gasteiger partial charge in [0.2, 0.25) is 11.6 Å². The van der Waals surface area contributed by atoms with Gasteiger partial charge < -0.3 is 5.11 Å². The Bertz CT molecular complexity index is 280. The van der Waals surface area contributed by atoms with Gasteiger partial charge in [-0.05, 0) is 12.1 Å². The second-order valence-electron chi connectivity index (χ2n) is 1.78. The third kappa shape index (κ3) is 1.26. The Hall–Kier alpha value is -1.65. The molecule has 4 nitrogen and oxygen atoms in total. The van der Waals surface area contributed by atoms with E-state index in [1.165, 1.54) is 0 Å². The maximum absolute atomic E-state index is 12.5. The molecular weight excluding hydrogens is 153 g/mol. The van der Waals surface area contributed by atoms with Crippen molar-refractivity contribution in [3.05, 3.63) is 34.1 Å². The van der Waals surface area contributed by atoms with Crippen LogP contribution < -0.4 is 0 Å². The van der Waals surface area contributed by atoms with E-state index in [1.807, 2.05) is 0 Å². The predicted molar refractivity (Wildman–Crippen MR) is 33.6 cm³/mol. The summed E-state index contributed by atoms with van der Waals surface area (Å²) in [6.07, 6.45) is 0. The van der Waals surface area contributed by atoms with Crippen molar-refractivity contribution >= 4 is 5.69 Å². The Kier molecular flexibility index (Phi) is 1.72. The molecule has 1 N–H and O–H groups in total. The summed E-state index contributed by atoms with van der Waals surface area (Å²) in [7, 11) is 0. The molecule has 0 aliphatic carbocycles. The van der Waals surface area contributed by atoms with Gasteiger partial charge in [0.15, 0.2) is 0 Å². The van der Waals surface area contributed by atoms with Crippen LogP contribution in [-0.4, -0.2) is 10.0 Å². The topological polar surface area (TPSA) is 63.4 Å². The molecule has 1 aromatic carbocycles. The summed E-state index contributed by atoms with van der Waals surface area (Å²) in [4.78, 5) is 9.03. The molecule has 0 fully saturated rings. The molecule has 1 rings (SSSR count). The average molecular weight is 156 g/mol. The van der Waals surface area contributed by atoms with E-state index < -0.39 is 22.2 Å². The standard InChI is InChI=1S/C6H3FNO3/c7-4-2-1-3-5(9)6(4)8(10)11/h1-2,9H. The van der Waals surface area contributed by atoms with E-state index in [1.54, 1.807) is 0 Å². The number of nitro groups is 1. The fourth-order valence-corrected chi connectivity index (χ4v) is 0.628. The van der Waals surface area contributed by atoms with Gasteiger partial charge in [-0.3, -0.25) is 10.1 Å². The minimum Gasteiger partial charge on any atom is -0.502 e. The zero-order chi connectivity index (χ0) is 8.43. The van der Waals surface area contributed by atoms with Crippen LogP contribution in [0, 0.1) is 22.0 Å². The zero-order valence-electron chi connectivity index (χ0n) is 5.24. The van der Waals surface area contributed by atoms with Gasteiger partial charge in [0.25, 0.3) is 0 Å². The van der Waals surface area contributed by atoms with Gasteiger partial charge in [0.05, 0.1) is 4.92 Å². The molecule has 0 saturated carbocycles. The molecule has 0 spiro atoms. The van der Waals surface area contributed by atoms with Crippen molar-refractivity contribution in [3.63, 3.8) is 0 Å². The number of rotatable bonds is 1. The number of benzene rings is 1. The van der Waals surface area contributed by atoms with Crippen molar-refractivity contribution in [2.45, 2.75) is 0 Å². The van der Waals surface area contributed by atoms with E-state index in [9.17, 15) is 14.5 Å². The number of hydrogen-bond donors (Lipinski definition) is 1. The average Bonchev–Trinajstić information content (AvgIpc) is 1.85. The molecule has 0 aromatic heterocycles. The number of hydrogen-bond acceptors (Lipinski definition) is 3. The van der Waals surface area contributed by atoms with E-state index in [0.717, 1.165) is 12.1 Å². The highest BCUT2D eigenvalue weighted by molar-refractivity contribution is 5.44. The number of phenolic OH excluding ortho intramolecular Hbond substituents is 1. The Morgan fingerprint density at radius 2 is 2.36 bits per heavy atom. The van der Waals surface area contributed by atoms with Crippen LogP contribution in [0.3, 0.4) is 0 Å². The predicted octanol–water partition coefficient (Wildman–Crippen LogP) is 1.24. The molecule has 1 radical (unpaired) electrons. The van der Waals surface area contributed by atoms with Gasteiger partial charge in [0.1, 0.15) is 0 Å². The lowest BCUT2D eigenvalue weighted by Gasteiger charge is -1.93. The lowest BCUT2D eigenvalue weighted by atomic mass is 10.3. The number of halogens is 1. The summed E-state index contributed by atoms with van der Waals surface area (Å²) >= 11 is 0. The van der Waals surface area contributed by atoms with Crippen molar-refractivity contribution in [1.29, 1.82) is 0 Å². The number of nitrogens with zero attached hydrogens (tertiary/aromatic N) is 1. The number of nitro benzene ring substituents is 1. The fraction of sp³-hybridized carbons (Fsp3) is 0. The summed E-state index contributed by atoms with van der Waals surface area (Å²) in [5.41, 5.74) is -0.937.